The van der Waals surface area contributed by atoms with Crippen LogP contribution in [0.5, 0.6) is 6.01 Å². The molecule has 0 bridgehead atoms. The van der Waals surface area contributed by atoms with Crippen molar-refractivity contribution in [3.05, 3.63) is 12.4 Å². The summed E-state index contributed by atoms with van der Waals surface area (Å²) in [4.78, 5) is 3.91. The minimum Gasteiger partial charge on any atom is -0.459 e. The molecule has 0 aromatic carbocycles. The minimum atomic E-state index is 0.0442. The molecule has 0 saturated carbocycles. The largest absolute Gasteiger partial charge is 0.459 e. The number of fused-ring (bicyclic) bond motifs is 1. The Labute approximate surface area is 74.6 Å². The minimum absolute atomic E-state index is 0.0442. The van der Waals surface area contributed by atoms with Gasteiger partial charge in [-0.2, -0.15) is 4.52 Å². The van der Waals surface area contributed by atoms with Gasteiger partial charge in [0.2, 0.25) is 0 Å². The maximum absolute atomic E-state index is 5.26. The molecule has 0 fully saturated rings. The van der Waals surface area contributed by atoms with Gasteiger partial charge in [-0.1, -0.05) is 5.10 Å². The van der Waals surface area contributed by atoms with Crippen molar-refractivity contribution < 1.29 is 4.74 Å². The van der Waals surface area contributed by atoms with Crippen molar-refractivity contribution in [1.29, 1.82) is 0 Å². The molecule has 2 aromatic rings. The van der Waals surface area contributed by atoms with Crippen LogP contribution in [0.15, 0.2) is 12.4 Å². The highest BCUT2D eigenvalue weighted by atomic mass is 16.5. The molecule has 6 nitrogen and oxygen atoms in total. The summed E-state index contributed by atoms with van der Waals surface area (Å²) in [5.74, 6) is 0.469. The van der Waals surface area contributed by atoms with Crippen LogP contribution >= 0.6 is 0 Å². The first-order valence-corrected chi connectivity index (χ1v) is 3.96. The third-order valence-corrected chi connectivity index (χ3v) is 1.36. The Morgan fingerprint density at radius 2 is 2.23 bits per heavy atom. The van der Waals surface area contributed by atoms with Gasteiger partial charge >= 0.3 is 6.01 Å². The fraction of sp³-hybridized carbons (Fsp3) is 0.429. The Hall–Kier alpha value is -1.72. The zero-order valence-electron chi connectivity index (χ0n) is 7.38. The Kier molecular flexibility index (Phi) is 1.80. The van der Waals surface area contributed by atoms with E-state index in [-0.39, 0.29) is 12.1 Å². The summed E-state index contributed by atoms with van der Waals surface area (Å²) in [6.07, 6.45) is 3.34. The van der Waals surface area contributed by atoms with Gasteiger partial charge in [-0.05, 0) is 13.8 Å². The van der Waals surface area contributed by atoms with Gasteiger partial charge in [0, 0.05) is 6.20 Å². The lowest BCUT2D eigenvalue weighted by Crippen LogP contribution is -2.11. The predicted molar refractivity (Wildman–Crippen MR) is 44.3 cm³/mol. The second-order valence-electron chi connectivity index (χ2n) is 2.82. The number of hydrogen-bond donors (Lipinski definition) is 0. The molecule has 0 radical (unpaired) electrons. The Morgan fingerprint density at radius 3 is 3.00 bits per heavy atom. The van der Waals surface area contributed by atoms with Crippen molar-refractivity contribution in [1.82, 2.24) is 24.8 Å². The Morgan fingerprint density at radius 1 is 1.38 bits per heavy atom. The normalized spacial score (nSPS) is 11.0. The average Bonchev–Trinajstić information content (AvgIpc) is 2.49. The van der Waals surface area contributed by atoms with E-state index in [9.17, 15) is 0 Å². The predicted octanol–water partition coefficient (Wildman–Crippen LogP) is 0.306. The summed E-state index contributed by atoms with van der Waals surface area (Å²) in [6, 6.07) is 0.264. The molecule has 2 aromatic heterocycles. The number of ether oxygens (including phenoxy) is 1. The molecule has 0 aliphatic heterocycles. The number of aromatic nitrogens is 5. The third-order valence-electron chi connectivity index (χ3n) is 1.36. The van der Waals surface area contributed by atoms with Crippen molar-refractivity contribution in [2.24, 2.45) is 0 Å². The summed E-state index contributed by atoms with van der Waals surface area (Å²) < 4.78 is 6.78. The first-order chi connectivity index (χ1) is 6.25. The second-order valence-corrected chi connectivity index (χ2v) is 2.82. The van der Waals surface area contributed by atoms with Crippen LogP contribution in [0, 0.1) is 0 Å². The number of nitrogens with zero attached hydrogens (tertiary/aromatic N) is 5. The van der Waals surface area contributed by atoms with Gasteiger partial charge in [0.1, 0.15) is 0 Å². The highest BCUT2D eigenvalue weighted by Gasteiger charge is 2.03. The summed E-state index contributed by atoms with van der Waals surface area (Å²) in [6.45, 7) is 3.81. The fourth-order valence-corrected chi connectivity index (χ4v) is 0.896. The first-order valence-electron chi connectivity index (χ1n) is 3.96. The molecule has 0 saturated heterocycles. The van der Waals surface area contributed by atoms with Gasteiger partial charge < -0.3 is 4.74 Å². The topological polar surface area (TPSA) is 65.2 Å². The van der Waals surface area contributed by atoms with E-state index >= 15 is 0 Å². The summed E-state index contributed by atoms with van der Waals surface area (Å²) in [5.41, 5.74) is 0. The van der Waals surface area contributed by atoms with Gasteiger partial charge in [0.25, 0.3) is 5.78 Å². The summed E-state index contributed by atoms with van der Waals surface area (Å²) in [7, 11) is 0. The molecule has 0 amide bonds. The lowest BCUT2D eigenvalue weighted by Gasteiger charge is -2.05. The van der Waals surface area contributed by atoms with E-state index in [1.807, 2.05) is 13.8 Å². The first kappa shape index (κ1) is 7.90. The van der Waals surface area contributed by atoms with Crippen LogP contribution in [-0.4, -0.2) is 30.9 Å². The second kappa shape index (κ2) is 2.96. The average molecular weight is 179 g/mol. The molecule has 0 aliphatic rings. The molecule has 6 heteroatoms. The number of rotatable bonds is 2. The van der Waals surface area contributed by atoms with Crippen LogP contribution in [-0.2, 0) is 0 Å². The Balaban J connectivity index is 2.37. The van der Waals surface area contributed by atoms with E-state index in [0.29, 0.717) is 5.78 Å². The van der Waals surface area contributed by atoms with Crippen molar-refractivity contribution in [2.75, 3.05) is 0 Å². The van der Waals surface area contributed by atoms with Crippen molar-refractivity contribution in [2.45, 2.75) is 20.0 Å². The highest BCUT2D eigenvalue weighted by Crippen LogP contribution is 2.01. The van der Waals surface area contributed by atoms with Gasteiger partial charge in [-0.25, -0.2) is 4.98 Å². The molecule has 68 valence electrons. The quantitative estimate of drug-likeness (QED) is 0.663. The number of hydrogen-bond acceptors (Lipinski definition) is 5. The van der Waals surface area contributed by atoms with E-state index in [1.54, 1.807) is 12.4 Å². The van der Waals surface area contributed by atoms with Gasteiger partial charge in [0.15, 0.2) is 0 Å². The van der Waals surface area contributed by atoms with E-state index in [0.717, 1.165) is 0 Å². The molecular weight excluding hydrogens is 170 g/mol. The lowest BCUT2D eigenvalue weighted by molar-refractivity contribution is 0.215. The molecule has 0 N–H and O–H groups in total. The molecule has 0 unspecified atom stereocenters. The smallest absolute Gasteiger partial charge is 0.353 e. The van der Waals surface area contributed by atoms with E-state index in [1.165, 1.54) is 4.52 Å². The zero-order valence-corrected chi connectivity index (χ0v) is 7.38. The van der Waals surface area contributed by atoms with Crippen LogP contribution in [0.25, 0.3) is 5.78 Å². The lowest BCUT2D eigenvalue weighted by atomic mass is 10.5. The number of imidazole rings is 1. The van der Waals surface area contributed by atoms with Crippen LogP contribution < -0.4 is 4.74 Å². The monoisotopic (exact) mass is 179 g/mol. The highest BCUT2D eigenvalue weighted by molar-refractivity contribution is 5.22. The summed E-state index contributed by atoms with van der Waals surface area (Å²) >= 11 is 0. The molecule has 13 heavy (non-hydrogen) atoms. The molecule has 2 heterocycles. The third kappa shape index (κ3) is 1.56. The van der Waals surface area contributed by atoms with Crippen LogP contribution in [0.4, 0.5) is 0 Å². The van der Waals surface area contributed by atoms with Gasteiger partial charge in [-0.15, -0.1) is 10.2 Å². The van der Waals surface area contributed by atoms with Gasteiger partial charge in [-0.3, -0.25) is 0 Å². The van der Waals surface area contributed by atoms with Crippen LogP contribution in [0.1, 0.15) is 13.8 Å². The SMILES string of the molecule is CC(C)Oc1nnc2nccn2n1. The van der Waals surface area contributed by atoms with Crippen LogP contribution in [0.2, 0.25) is 0 Å². The van der Waals surface area contributed by atoms with Crippen LogP contribution in [0.3, 0.4) is 0 Å². The molecule has 0 atom stereocenters. The van der Waals surface area contributed by atoms with Crippen molar-refractivity contribution in [3.8, 4) is 6.01 Å². The van der Waals surface area contributed by atoms with Gasteiger partial charge in [0.05, 0.1) is 12.3 Å². The summed E-state index contributed by atoms with van der Waals surface area (Å²) in [5, 5.41) is 11.6. The van der Waals surface area contributed by atoms with E-state index < -0.39 is 0 Å². The van der Waals surface area contributed by atoms with E-state index in [4.69, 9.17) is 4.74 Å². The van der Waals surface area contributed by atoms with Crippen molar-refractivity contribution >= 4 is 5.78 Å². The van der Waals surface area contributed by atoms with Crippen molar-refractivity contribution in [3.63, 3.8) is 0 Å². The molecule has 2 rings (SSSR count). The molecular formula is C7H9N5O. The van der Waals surface area contributed by atoms with E-state index in [2.05, 4.69) is 20.3 Å². The maximum Gasteiger partial charge on any atom is 0.353 e. The standard InChI is InChI=1S/C7H9N5O/c1-5(2)13-7-10-9-6-8-3-4-12(6)11-7/h3-5H,1-2H3. The molecule has 0 spiro atoms. The fourth-order valence-electron chi connectivity index (χ4n) is 0.896. The Bertz CT molecular complexity index is 410. The molecule has 0 aliphatic carbocycles. The maximum atomic E-state index is 5.26. The zero-order chi connectivity index (χ0) is 9.26.